The van der Waals surface area contributed by atoms with E-state index in [1.54, 1.807) is 0 Å². The molecule has 0 bridgehead atoms. The first kappa shape index (κ1) is 14.1. The van der Waals surface area contributed by atoms with Gasteiger partial charge in [-0.15, -0.1) is 0 Å². The fourth-order valence-corrected chi connectivity index (χ4v) is 4.66. The molecule has 0 N–H and O–H groups in total. The summed E-state index contributed by atoms with van der Waals surface area (Å²) >= 11 is 2.54. The molecule has 0 amide bonds. The zero-order chi connectivity index (χ0) is 15.3. The fourth-order valence-electron chi connectivity index (χ4n) is 3.65. The van der Waals surface area contributed by atoms with Crippen LogP contribution in [-0.4, -0.2) is 4.57 Å². The Morgan fingerprint density at radius 3 is 2.27 bits per heavy atom. The van der Waals surface area contributed by atoms with Crippen LogP contribution in [0.25, 0.3) is 32.6 Å². The van der Waals surface area contributed by atoms with Gasteiger partial charge in [-0.05, 0) is 46.0 Å². The molecule has 0 aliphatic rings. The molecule has 1 heterocycles. The van der Waals surface area contributed by atoms with E-state index >= 15 is 0 Å². The highest BCUT2D eigenvalue weighted by molar-refractivity contribution is 14.1. The molecule has 0 fully saturated rings. The number of aryl methyl sites for hydroxylation is 2. The Hall–Kier alpha value is -1.55. The predicted molar refractivity (Wildman–Crippen MR) is 105 cm³/mol. The highest BCUT2D eigenvalue weighted by atomic mass is 127. The minimum Gasteiger partial charge on any atom is -0.343 e. The fraction of sp³-hybridized carbons (Fsp3) is 0.200. The highest BCUT2D eigenvalue weighted by Gasteiger charge is 2.18. The first-order valence-electron chi connectivity index (χ1n) is 7.80. The molecule has 0 aliphatic heterocycles. The minimum atomic E-state index is 1.13. The Morgan fingerprint density at radius 1 is 0.909 bits per heavy atom. The third-order valence-electron chi connectivity index (χ3n) is 4.59. The van der Waals surface area contributed by atoms with Gasteiger partial charge in [0, 0.05) is 32.3 Å². The normalized spacial score (nSPS) is 11.8. The summed E-state index contributed by atoms with van der Waals surface area (Å²) in [6.45, 7) is 2.27. The topological polar surface area (TPSA) is 4.93 Å². The van der Waals surface area contributed by atoms with Gasteiger partial charge in [-0.1, -0.05) is 55.8 Å². The van der Waals surface area contributed by atoms with E-state index in [-0.39, 0.29) is 0 Å². The van der Waals surface area contributed by atoms with E-state index in [1.165, 1.54) is 48.1 Å². The van der Waals surface area contributed by atoms with Gasteiger partial charge in [0.25, 0.3) is 0 Å². The van der Waals surface area contributed by atoms with Gasteiger partial charge in [0.15, 0.2) is 0 Å². The lowest BCUT2D eigenvalue weighted by molar-refractivity contribution is 0.926. The number of para-hydroxylation sites is 1. The lowest BCUT2D eigenvalue weighted by Gasteiger charge is -2.12. The first-order chi connectivity index (χ1) is 10.7. The summed E-state index contributed by atoms with van der Waals surface area (Å²) in [5.41, 5.74) is 4.20. The SMILES string of the molecule is CCCc1c(I)c2ccccc2c2c1c1ccccc1n2C. The second kappa shape index (κ2) is 5.27. The van der Waals surface area contributed by atoms with Gasteiger partial charge in [0.05, 0.1) is 5.52 Å². The number of fused-ring (bicyclic) bond motifs is 5. The van der Waals surface area contributed by atoms with Crippen molar-refractivity contribution in [2.45, 2.75) is 19.8 Å². The monoisotopic (exact) mass is 399 g/mol. The summed E-state index contributed by atoms with van der Waals surface area (Å²) in [5.74, 6) is 0. The van der Waals surface area contributed by atoms with E-state index in [2.05, 4.69) is 89.7 Å². The number of halogens is 1. The highest BCUT2D eigenvalue weighted by Crippen LogP contribution is 2.39. The lowest BCUT2D eigenvalue weighted by atomic mass is 9.97. The molecular formula is C20H18IN. The molecule has 4 aromatic rings. The van der Waals surface area contributed by atoms with Crippen LogP contribution in [-0.2, 0) is 13.5 Å². The number of rotatable bonds is 2. The van der Waals surface area contributed by atoms with Gasteiger partial charge < -0.3 is 4.57 Å². The van der Waals surface area contributed by atoms with Crippen molar-refractivity contribution in [2.24, 2.45) is 7.05 Å². The number of benzene rings is 3. The molecule has 0 aliphatic carbocycles. The molecule has 0 saturated heterocycles. The van der Waals surface area contributed by atoms with Crippen molar-refractivity contribution in [1.29, 1.82) is 0 Å². The summed E-state index contributed by atoms with van der Waals surface area (Å²) in [4.78, 5) is 0. The zero-order valence-corrected chi connectivity index (χ0v) is 15.0. The van der Waals surface area contributed by atoms with Crippen molar-refractivity contribution in [2.75, 3.05) is 0 Å². The molecule has 0 atom stereocenters. The Bertz CT molecular complexity index is 1010. The average Bonchev–Trinajstić information content (AvgIpc) is 2.85. The second-order valence-electron chi connectivity index (χ2n) is 5.89. The third-order valence-corrected chi connectivity index (χ3v) is 5.82. The molecule has 1 aromatic heterocycles. The van der Waals surface area contributed by atoms with Crippen LogP contribution in [0, 0.1) is 3.57 Å². The van der Waals surface area contributed by atoms with Crippen LogP contribution in [0.5, 0.6) is 0 Å². The van der Waals surface area contributed by atoms with Crippen molar-refractivity contribution in [3.8, 4) is 0 Å². The molecule has 2 heteroatoms. The van der Waals surface area contributed by atoms with Crippen LogP contribution in [0.15, 0.2) is 48.5 Å². The quantitative estimate of drug-likeness (QED) is 0.362. The maximum atomic E-state index is 2.54. The Kier molecular flexibility index (Phi) is 3.37. The van der Waals surface area contributed by atoms with Crippen LogP contribution >= 0.6 is 22.6 Å². The summed E-state index contributed by atoms with van der Waals surface area (Å²) < 4.78 is 3.78. The Labute approximate surface area is 144 Å². The van der Waals surface area contributed by atoms with E-state index in [9.17, 15) is 0 Å². The van der Waals surface area contributed by atoms with Gasteiger partial charge >= 0.3 is 0 Å². The predicted octanol–water partition coefficient (Wildman–Crippen LogP) is 6.04. The van der Waals surface area contributed by atoms with Crippen molar-refractivity contribution in [1.82, 2.24) is 4.57 Å². The molecule has 0 spiro atoms. The molecule has 0 unspecified atom stereocenters. The number of hydrogen-bond donors (Lipinski definition) is 0. The van der Waals surface area contributed by atoms with Gasteiger partial charge in [-0.25, -0.2) is 0 Å². The van der Waals surface area contributed by atoms with Crippen LogP contribution < -0.4 is 0 Å². The zero-order valence-electron chi connectivity index (χ0n) is 12.9. The van der Waals surface area contributed by atoms with E-state index in [0.29, 0.717) is 0 Å². The van der Waals surface area contributed by atoms with Gasteiger partial charge in [-0.2, -0.15) is 0 Å². The molecular weight excluding hydrogens is 381 g/mol. The van der Waals surface area contributed by atoms with E-state index in [0.717, 1.165) is 6.42 Å². The summed E-state index contributed by atoms with van der Waals surface area (Å²) in [6, 6.07) is 17.6. The largest absolute Gasteiger partial charge is 0.343 e. The molecule has 22 heavy (non-hydrogen) atoms. The van der Waals surface area contributed by atoms with Crippen molar-refractivity contribution in [3.05, 3.63) is 57.7 Å². The smallest absolute Gasteiger partial charge is 0.0571 e. The Balaban J connectivity index is 2.37. The van der Waals surface area contributed by atoms with Gasteiger partial charge in [0.2, 0.25) is 0 Å². The van der Waals surface area contributed by atoms with Gasteiger partial charge in [-0.3, -0.25) is 0 Å². The summed E-state index contributed by atoms with van der Waals surface area (Å²) in [5, 5.41) is 5.57. The Morgan fingerprint density at radius 2 is 1.55 bits per heavy atom. The van der Waals surface area contributed by atoms with Crippen LogP contribution in [0.3, 0.4) is 0 Å². The molecule has 0 radical (unpaired) electrons. The van der Waals surface area contributed by atoms with Crippen molar-refractivity contribution in [3.63, 3.8) is 0 Å². The maximum absolute atomic E-state index is 2.54. The third kappa shape index (κ3) is 1.83. The van der Waals surface area contributed by atoms with Crippen LogP contribution in [0.2, 0.25) is 0 Å². The van der Waals surface area contributed by atoms with Crippen molar-refractivity contribution >= 4 is 55.2 Å². The van der Waals surface area contributed by atoms with Crippen LogP contribution in [0.1, 0.15) is 18.9 Å². The van der Waals surface area contributed by atoms with E-state index in [1.807, 2.05) is 0 Å². The molecule has 0 saturated carbocycles. The van der Waals surface area contributed by atoms with E-state index in [4.69, 9.17) is 0 Å². The van der Waals surface area contributed by atoms with E-state index < -0.39 is 0 Å². The molecule has 110 valence electrons. The van der Waals surface area contributed by atoms with Crippen LogP contribution in [0.4, 0.5) is 0 Å². The van der Waals surface area contributed by atoms with Crippen molar-refractivity contribution < 1.29 is 0 Å². The number of aromatic nitrogens is 1. The molecule has 4 rings (SSSR count). The first-order valence-corrected chi connectivity index (χ1v) is 8.88. The summed E-state index contributed by atoms with van der Waals surface area (Å²) in [7, 11) is 2.19. The maximum Gasteiger partial charge on any atom is 0.0571 e. The summed E-state index contributed by atoms with van der Waals surface area (Å²) in [6.07, 6.45) is 2.31. The number of nitrogens with zero attached hydrogens (tertiary/aromatic N) is 1. The molecule has 3 aromatic carbocycles. The minimum absolute atomic E-state index is 1.13. The standard InChI is InChI=1S/C20H18IN/c1-3-8-16-18-15-11-6-7-12-17(15)22(2)20(18)14-10-5-4-9-13(14)19(16)21/h4-7,9-12H,3,8H2,1-2H3. The molecule has 1 nitrogen and oxygen atoms in total. The second-order valence-corrected chi connectivity index (χ2v) is 6.97. The average molecular weight is 399 g/mol. The number of hydrogen-bond acceptors (Lipinski definition) is 0. The lowest BCUT2D eigenvalue weighted by Crippen LogP contribution is -1.95. The van der Waals surface area contributed by atoms with Gasteiger partial charge in [0.1, 0.15) is 0 Å².